The summed E-state index contributed by atoms with van der Waals surface area (Å²) in [6.07, 6.45) is 4.45. The summed E-state index contributed by atoms with van der Waals surface area (Å²) >= 11 is 0. The fraction of sp³-hybridized carbons (Fsp3) is 0.200. The number of nitrogens with zero attached hydrogens (tertiary/aromatic N) is 5. The molecular formula is C30H33N7O5S. The number of aryl methyl sites for hydroxylation is 1. The molecule has 13 heteroatoms. The third-order valence-corrected chi connectivity index (χ3v) is 7.76. The van der Waals surface area contributed by atoms with E-state index in [2.05, 4.69) is 54.6 Å². The number of methoxy groups -OCH3 is 1. The van der Waals surface area contributed by atoms with Crippen molar-refractivity contribution in [2.45, 2.75) is 17.9 Å². The standard InChI is InChI=1S/C29H31N7O3S.CH2O2/c1-35(2)15-4-16-36-20-32-27-17-21(5-14-28(27)36)26-18-29(31-19-30-26)33-22-6-8-23(9-7-22)34-40(37,38)25-12-10-24(39-3)11-13-25;2-1-3/h5-14,17-20,34H,4,15-16H2,1-3H3,(H,30,31,33);1H,(H,2,3). The van der Waals surface area contributed by atoms with Crippen LogP contribution in [-0.2, 0) is 21.4 Å². The quantitative estimate of drug-likeness (QED) is 0.181. The van der Waals surface area contributed by atoms with Gasteiger partial charge in [0.2, 0.25) is 0 Å². The molecule has 12 nitrogen and oxygen atoms in total. The lowest BCUT2D eigenvalue weighted by atomic mass is 10.1. The number of imidazole rings is 1. The maximum absolute atomic E-state index is 12.7. The number of carbonyl (C=O) groups is 1. The summed E-state index contributed by atoms with van der Waals surface area (Å²) in [5, 5.41) is 10.1. The molecule has 0 radical (unpaired) electrons. The summed E-state index contributed by atoms with van der Waals surface area (Å²) in [6, 6.07) is 21.2. The van der Waals surface area contributed by atoms with Gasteiger partial charge in [0.25, 0.3) is 16.5 Å². The van der Waals surface area contributed by atoms with Crippen LogP contribution in [0.3, 0.4) is 0 Å². The van der Waals surface area contributed by atoms with Crippen molar-refractivity contribution in [1.29, 1.82) is 0 Å². The molecule has 3 aromatic carbocycles. The van der Waals surface area contributed by atoms with Crippen molar-refractivity contribution >= 4 is 44.7 Å². The van der Waals surface area contributed by atoms with Crippen LogP contribution >= 0.6 is 0 Å². The Morgan fingerprint density at radius 1 is 0.953 bits per heavy atom. The molecule has 0 saturated carbocycles. The van der Waals surface area contributed by atoms with Crippen LogP contribution in [0, 0.1) is 0 Å². The van der Waals surface area contributed by atoms with Crippen molar-refractivity contribution in [2.24, 2.45) is 0 Å². The monoisotopic (exact) mass is 603 g/mol. The number of aromatic nitrogens is 4. The van der Waals surface area contributed by atoms with Crippen LogP contribution < -0.4 is 14.8 Å². The molecule has 5 rings (SSSR count). The zero-order valence-corrected chi connectivity index (χ0v) is 24.8. The first-order valence-electron chi connectivity index (χ1n) is 13.3. The van der Waals surface area contributed by atoms with Gasteiger partial charge in [0, 0.05) is 29.5 Å². The number of hydrogen-bond donors (Lipinski definition) is 3. The first-order chi connectivity index (χ1) is 20.7. The molecule has 224 valence electrons. The number of anilines is 3. The summed E-state index contributed by atoms with van der Waals surface area (Å²) in [6.45, 7) is 1.69. The lowest BCUT2D eigenvalue weighted by Gasteiger charge is -2.11. The van der Waals surface area contributed by atoms with Gasteiger partial charge in [-0.25, -0.2) is 23.4 Å². The van der Waals surface area contributed by atoms with Gasteiger partial charge in [0.15, 0.2) is 0 Å². The molecule has 0 aliphatic carbocycles. The van der Waals surface area contributed by atoms with Crippen LogP contribution in [0.25, 0.3) is 22.3 Å². The summed E-state index contributed by atoms with van der Waals surface area (Å²) in [5.74, 6) is 1.20. The minimum atomic E-state index is -3.72. The second-order valence-electron chi connectivity index (χ2n) is 9.68. The smallest absolute Gasteiger partial charge is 0.290 e. The molecule has 0 aliphatic heterocycles. The largest absolute Gasteiger partial charge is 0.497 e. The Hall–Kier alpha value is -5.01. The van der Waals surface area contributed by atoms with Crippen molar-refractivity contribution in [3.05, 3.63) is 85.5 Å². The average Bonchev–Trinajstić information content (AvgIpc) is 3.40. The molecule has 3 N–H and O–H groups in total. The van der Waals surface area contributed by atoms with E-state index in [1.807, 2.05) is 24.5 Å². The van der Waals surface area contributed by atoms with Crippen molar-refractivity contribution < 1.29 is 23.1 Å². The Labute approximate surface area is 250 Å². The lowest BCUT2D eigenvalue weighted by molar-refractivity contribution is -0.122. The van der Waals surface area contributed by atoms with Crippen LogP contribution in [0.1, 0.15) is 6.42 Å². The van der Waals surface area contributed by atoms with E-state index < -0.39 is 10.0 Å². The number of ether oxygens (including phenoxy) is 1. The highest BCUT2D eigenvalue weighted by Crippen LogP contribution is 2.26. The number of hydrogen-bond acceptors (Lipinski definition) is 9. The highest BCUT2D eigenvalue weighted by molar-refractivity contribution is 7.92. The SMILES string of the molecule is COc1ccc(S(=O)(=O)Nc2ccc(Nc3cc(-c4ccc5c(c4)ncn5CCCN(C)C)ncn3)cc2)cc1.O=CO. The Kier molecular flexibility index (Phi) is 10.3. The molecule has 0 atom stereocenters. The van der Waals surface area contributed by atoms with Crippen LogP contribution in [-0.4, -0.2) is 72.2 Å². The number of sulfonamides is 1. The molecule has 0 aliphatic rings. The highest BCUT2D eigenvalue weighted by atomic mass is 32.2. The molecule has 43 heavy (non-hydrogen) atoms. The van der Waals surface area contributed by atoms with E-state index in [1.165, 1.54) is 25.6 Å². The van der Waals surface area contributed by atoms with E-state index >= 15 is 0 Å². The number of carboxylic acid groups (broad SMARTS) is 1. The Morgan fingerprint density at radius 2 is 1.65 bits per heavy atom. The van der Waals surface area contributed by atoms with Gasteiger partial charge in [0.1, 0.15) is 17.9 Å². The van der Waals surface area contributed by atoms with Gasteiger partial charge in [-0.15, -0.1) is 0 Å². The molecule has 2 aromatic heterocycles. The molecule has 0 bridgehead atoms. The Balaban J connectivity index is 0.00000135. The summed E-state index contributed by atoms with van der Waals surface area (Å²) < 4.78 is 35.3. The summed E-state index contributed by atoms with van der Waals surface area (Å²) in [5.41, 5.74) is 4.93. The van der Waals surface area contributed by atoms with E-state index in [0.29, 0.717) is 17.3 Å². The van der Waals surface area contributed by atoms with E-state index in [0.717, 1.165) is 47.5 Å². The van der Waals surface area contributed by atoms with Crippen LogP contribution in [0.5, 0.6) is 5.75 Å². The molecule has 5 aromatic rings. The number of fused-ring (bicyclic) bond motifs is 1. The van der Waals surface area contributed by atoms with E-state index in [-0.39, 0.29) is 11.4 Å². The Bertz CT molecular complexity index is 1760. The van der Waals surface area contributed by atoms with E-state index in [4.69, 9.17) is 14.6 Å². The lowest BCUT2D eigenvalue weighted by Crippen LogP contribution is -2.14. The van der Waals surface area contributed by atoms with Crippen LogP contribution in [0.2, 0.25) is 0 Å². The molecule has 0 saturated heterocycles. The topological polar surface area (TPSA) is 152 Å². The Morgan fingerprint density at radius 3 is 2.33 bits per heavy atom. The van der Waals surface area contributed by atoms with Gasteiger partial charge in [-0.3, -0.25) is 9.52 Å². The molecular weight excluding hydrogens is 570 g/mol. The zero-order valence-electron chi connectivity index (χ0n) is 24.0. The summed E-state index contributed by atoms with van der Waals surface area (Å²) in [7, 11) is 1.96. The van der Waals surface area contributed by atoms with Crippen molar-refractivity contribution in [3.8, 4) is 17.0 Å². The second kappa shape index (κ2) is 14.2. The number of nitrogens with one attached hydrogen (secondary N) is 2. The van der Waals surface area contributed by atoms with Gasteiger partial charge < -0.3 is 24.6 Å². The van der Waals surface area contributed by atoms with Gasteiger partial charge >= 0.3 is 0 Å². The first kappa shape index (κ1) is 30.9. The predicted molar refractivity (Wildman–Crippen MR) is 166 cm³/mol. The predicted octanol–water partition coefficient (Wildman–Crippen LogP) is 4.70. The van der Waals surface area contributed by atoms with Gasteiger partial charge in [-0.2, -0.15) is 0 Å². The fourth-order valence-corrected chi connectivity index (χ4v) is 5.34. The minimum Gasteiger partial charge on any atom is -0.497 e. The molecule has 2 heterocycles. The third-order valence-electron chi connectivity index (χ3n) is 6.37. The second-order valence-corrected chi connectivity index (χ2v) is 11.4. The molecule has 0 fully saturated rings. The fourth-order valence-electron chi connectivity index (χ4n) is 4.28. The van der Waals surface area contributed by atoms with Gasteiger partial charge in [-0.1, -0.05) is 6.07 Å². The summed E-state index contributed by atoms with van der Waals surface area (Å²) in [4.78, 5) is 24.1. The molecule has 0 amide bonds. The highest BCUT2D eigenvalue weighted by Gasteiger charge is 2.14. The maximum Gasteiger partial charge on any atom is 0.290 e. The normalized spacial score (nSPS) is 11.1. The van der Waals surface area contributed by atoms with E-state index in [9.17, 15) is 8.42 Å². The first-order valence-corrected chi connectivity index (χ1v) is 14.7. The minimum absolute atomic E-state index is 0.151. The van der Waals surface area contributed by atoms with Crippen molar-refractivity contribution in [3.63, 3.8) is 0 Å². The van der Waals surface area contributed by atoms with Crippen LogP contribution in [0.15, 0.2) is 90.3 Å². The molecule has 0 unspecified atom stereocenters. The van der Waals surface area contributed by atoms with Crippen molar-refractivity contribution in [1.82, 2.24) is 24.4 Å². The maximum atomic E-state index is 12.7. The average molecular weight is 604 g/mol. The van der Waals surface area contributed by atoms with Gasteiger partial charge in [0.05, 0.1) is 35.1 Å². The van der Waals surface area contributed by atoms with Crippen molar-refractivity contribution in [2.75, 3.05) is 37.8 Å². The number of rotatable bonds is 11. The molecule has 0 spiro atoms. The number of benzene rings is 3. The van der Waals surface area contributed by atoms with Crippen LogP contribution in [0.4, 0.5) is 17.2 Å². The van der Waals surface area contributed by atoms with E-state index in [1.54, 1.807) is 36.4 Å². The zero-order chi connectivity index (χ0) is 30.8. The third kappa shape index (κ3) is 8.27. The van der Waals surface area contributed by atoms with Gasteiger partial charge in [-0.05, 0) is 87.7 Å².